The van der Waals surface area contributed by atoms with Crippen molar-refractivity contribution < 1.29 is 9.18 Å². The molecule has 2 nitrogen and oxygen atoms in total. The Morgan fingerprint density at radius 1 is 1.89 bits per heavy atom. The molecule has 9 heavy (non-hydrogen) atoms. The fourth-order valence-corrected chi connectivity index (χ4v) is 0.357. The van der Waals surface area contributed by atoms with Gasteiger partial charge in [0.1, 0.15) is 6.42 Å². The van der Waals surface area contributed by atoms with E-state index in [1.807, 2.05) is 0 Å². The van der Waals surface area contributed by atoms with E-state index in [4.69, 9.17) is 0 Å². The van der Waals surface area contributed by atoms with E-state index in [1.165, 1.54) is 6.92 Å². The highest BCUT2D eigenvalue weighted by atomic mass is 19.1. The zero-order valence-electron chi connectivity index (χ0n) is 5.48. The second kappa shape index (κ2) is 4.18. The van der Waals surface area contributed by atoms with Crippen molar-refractivity contribution in [3.05, 3.63) is 6.92 Å². The van der Waals surface area contributed by atoms with Crippen LogP contribution in [0.2, 0.25) is 0 Å². The van der Waals surface area contributed by atoms with Gasteiger partial charge in [0.2, 0.25) is 5.91 Å². The highest BCUT2D eigenvalue weighted by Crippen LogP contribution is 1.92. The molecule has 0 bridgehead atoms. The summed E-state index contributed by atoms with van der Waals surface area (Å²) in [5.41, 5.74) is 0. The van der Waals surface area contributed by atoms with Crippen LogP contribution in [0.1, 0.15) is 13.3 Å². The lowest BCUT2D eigenvalue weighted by Crippen LogP contribution is -2.27. The van der Waals surface area contributed by atoms with E-state index in [0.29, 0.717) is 0 Å². The highest BCUT2D eigenvalue weighted by molar-refractivity contribution is 5.72. The van der Waals surface area contributed by atoms with Gasteiger partial charge in [-0.25, -0.2) is 4.39 Å². The molecule has 0 radical (unpaired) electrons. The van der Waals surface area contributed by atoms with Gasteiger partial charge in [-0.1, -0.05) is 0 Å². The van der Waals surface area contributed by atoms with Crippen molar-refractivity contribution in [3.8, 4) is 0 Å². The quantitative estimate of drug-likeness (QED) is 0.562. The Kier molecular flexibility index (Phi) is 3.84. The molecule has 1 amide bonds. The number of hydrogen-bond donors (Lipinski definition) is 1. The van der Waals surface area contributed by atoms with Gasteiger partial charge in [-0.05, 0) is 0 Å². The van der Waals surface area contributed by atoms with Crippen molar-refractivity contribution in [3.63, 3.8) is 0 Å². The van der Waals surface area contributed by atoms with Crippen LogP contribution in [0.15, 0.2) is 0 Å². The van der Waals surface area contributed by atoms with Crippen molar-refractivity contribution in [2.24, 2.45) is 0 Å². The van der Waals surface area contributed by atoms with Crippen LogP contribution in [0.5, 0.6) is 0 Å². The topological polar surface area (TPSA) is 29.1 Å². The van der Waals surface area contributed by atoms with E-state index in [-0.39, 0.29) is 18.9 Å². The molecule has 1 atom stereocenters. The fourth-order valence-electron chi connectivity index (χ4n) is 0.357. The lowest BCUT2D eigenvalue weighted by molar-refractivity contribution is -0.119. The standard InChI is InChI=1S/C6H10FNO/c1-3-6(7)4-8-5(2)9/h6H,1,3-4H2,2H3/p+1. The lowest BCUT2D eigenvalue weighted by atomic mass is 10.3. The smallest absolute Gasteiger partial charge is 0.216 e. The van der Waals surface area contributed by atoms with Crippen molar-refractivity contribution >= 4 is 5.91 Å². The van der Waals surface area contributed by atoms with Gasteiger partial charge in [-0.3, -0.25) is 4.79 Å². The summed E-state index contributed by atoms with van der Waals surface area (Å²) >= 11 is 0. The first kappa shape index (κ1) is 8.27. The number of carbonyl (C=O) groups excluding carboxylic acids is 1. The van der Waals surface area contributed by atoms with Gasteiger partial charge in [-0.2, -0.15) is 0 Å². The molecule has 1 N–H and O–H groups in total. The van der Waals surface area contributed by atoms with Crippen LogP contribution in [-0.4, -0.2) is 18.6 Å². The molecule has 0 aliphatic carbocycles. The molecule has 0 fully saturated rings. The minimum atomic E-state index is -1.01. The van der Waals surface area contributed by atoms with Crippen molar-refractivity contribution in [2.45, 2.75) is 19.5 Å². The Bertz CT molecular complexity index is 95.1. The first-order valence-electron chi connectivity index (χ1n) is 2.84. The molecule has 52 valence electrons. The molecule has 0 aromatic rings. The molecule has 1 unspecified atom stereocenters. The average Bonchev–Trinajstić information content (AvgIpc) is 1.83. The van der Waals surface area contributed by atoms with Crippen LogP contribution in [0.3, 0.4) is 0 Å². The Morgan fingerprint density at radius 2 is 2.44 bits per heavy atom. The Labute approximate surface area is 54.4 Å². The molecule has 3 heteroatoms. The summed E-state index contributed by atoms with van der Waals surface area (Å²) in [4.78, 5) is 10.2. The van der Waals surface area contributed by atoms with E-state index in [2.05, 4.69) is 12.2 Å². The van der Waals surface area contributed by atoms with Crippen molar-refractivity contribution in [1.29, 1.82) is 0 Å². The second-order valence-corrected chi connectivity index (χ2v) is 1.82. The summed E-state index contributed by atoms with van der Waals surface area (Å²) in [6.45, 7) is 4.78. The monoisotopic (exact) mass is 132 g/mol. The van der Waals surface area contributed by atoms with Crippen LogP contribution >= 0.6 is 0 Å². The van der Waals surface area contributed by atoms with Gasteiger partial charge in [0.25, 0.3) is 0 Å². The number of carbonyl (C=O) groups is 1. The minimum absolute atomic E-state index is 0.0822. The number of nitrogens with one attached hydrogen (secondary N) is 1. The predicted octanol–water partition coefficient (Wildman–Crippen LogP) is 0.685. The van der Waals surface area contributed by atoms with Crippen LogP contribution in [0, 0.1) is 6.92 Å². The molecular formula is C6H11FNO+. The summed E-state index contributed by atoms with van der Waals surface area (Å²) in [6.07, 6.45) is -0.797. The SMILES string of the molecule is [CH2+]CC(F)CNC(C)=O. The number of alkyl halides is 1. The summed E-state index contributed by atoms with van der Waals surface area (Å²) in [5.74, 6) is -0.203. The third-order valence-electron chi connectivity index (χ3n) is 0.886. The molecule has 0 heterocycles. The summed E-state index contributed by atoms with van der Waals surface area (Å²) < 4.78 is 12.2. The fraction of sp³-hybridized carbons (Fsp3) is 0.667. The van der Waals surface area contributed by atoms with Crippen molar-refractivity contribution in [1.82, 2.24) is 5.32 Å². The molecule has 0 saturated carbocycles. The molecule has 0 aliphatic rings. The maximum Gasteiger partial charge on any atom is 0.216 e. The number of rotatable bonds is 3. The maximum atomic E-state index is 12.2. The van der Waals surface area contributed by atoms with Gasteiger partial charge < -0.3 is 5.32 Å². The van der Waals surface area contributed by atoms with E-state index < -0.39 is 6.17 Å². The van der Waals surface area contributed by atoms with E-state index >= 15 is 0 Å². The maximum absolute atomic E-state index is 12.2. The Morgan fingerprint density at radius 3 is 2.78 bits per heavy atom. The predicted molar refractivity (Wildman–Crippen MR) is 33.6 cm³/mol. The van der Waals surface area contributed by atoms with Gasteiger partial charge >= 0.3 is 0 Å². The molecule has 0 spiro atoms. The summed E-state index contributed by atoms with van der Waals surface area (Å²) in [5, 5.41) is 2.34. The number of amides is 1. The molecule has 0 aromatic heterocycles. The summed E-state index contributed by atoms with van der Waals surface area (Å²) in [6, 6.07) is 0. The average molecular weight is 132 g/mol. The largest absolute Gasteiger partial charge is 0.353 e. The number of hydrogen-bond acceptors (Lipinski definition) is 1. The molecule has 0 saturated heterocycles. The molecule has 0 rings (SSSR count). The highest BCUT2D eigenvalue weighted by Gasteiger charge is 2.05. The second-order valence-electron chi connectivity index (χ2n) is 1.82. The van der Waals surface area contributed by atoms with E-state index in [0.717, 1.165) is 0 Å². The van der Waals surface area contributed by atoms with Gasteiger partial charge in [0.15, 0.2) is 6.17 Å². The zero-order chi connectivity index (χ0) is 7.28. The third kappa shape index (κ3) is 5.14. The van der Waals surface area contributed by atoms with Crippen LogP contribution < -0.4 is 5.32 Å². The molecule has 0 aromatic carbocycles. The van der Waals surface area contributed by atoms with E-state index in [1.54, 1.807) is 0 Å². The third-order valence-corrected chi connectivity index (χ3v) is 0.886. The number of halogens is 1. The van der Waals surface area contributed by atoms with E-state index in [9.17, 15) is 9.18 Å². The molecular weight excluding hydrogens is 121 g/mol. The minimum Gasteiger partial charge on any atom is -0.353 e. The van der Waals surface area contributed by atoms with Gasteiger partial charge in [0.05, 0.1) is 13.5 Å². The first-order valence-corrected chi connectivity index (χ1v) is 2.84. The normalized spacial score (nSPS) is 12.7. The van der Waals surface area contributed by atoms with Crippen LogP contribution in [0.4, 0.5) is 4.39 Å². The first-order chi connectivity index (χ1) is 4.16. The zero-order valence-corrected chi connectivity index (χ0v) is 5.48. The van der Waals surface area contributed by atoms with Gasteiger partial charge in [-0.15, -0.1) is 0 Å². The van der Waals surface area contributed by atoms with Crippen LogP contribution in [0.25, 0.3) is 0 Å². The Hall–Kier alpha value is -0.730. The Balaban J connectivity index is 3.16. The molecule has 0 aliphatic heterocycles. The van der Waals surface area contributed by atoms with Crippen LogP contribution in [-0.2, 0) is 4.79 Å². The van der Waals surface area contributed by atoms with Gasteiger partial charge in [0, 0.05) is 6.92 Å². The van der Waals surface area contributed by atoms with Crippen molar-refractivity contribution in [2.75, 3.05) is 6.54 Å². The summed E-state index contributed by atoms with van der Waals surface area (Å²) in [7, 11) is 0. The lowest BCUT2D eigenvalue weighted by Gasteiger charge is -2.00.